The number of aryl methyl sites for hydroxylation is 1. The minimum Gasteiger partial charge on any atom is -0.441 e. The molecule has 1 aromatic carbocycles. The smallest absolute Gasteiger partial charge is 0.253 e. The Morgan fingerprint density at radius 1 is 1.32 bits per heavy atom. The fraction of sp³-hybridized carbons (Fsp3) is 0.263. The quantitative estimate of drug-likeness (QED) is 0.686. The summed E-state index contributed by atoms with van der Waals surface area (Å²) in [5.74, 6) is 0.833. The molecule has 1 saturated heterocycles. The number of nitrogens with zero attached hydrogens (tertiary/aromatic N) is 2. The van der Waals surface area contributed by atoms with Crippen LogP contribution in [0.15, 0.2) is 56.6 Å². The third kappa shape index (κ3) is 3.60. The van der Waals surface area contributed by atoms with E-state index in [0.717, 1.165) is 16.9 Å². The number of carbonyl (C=O) groups is 1. The lowest BCUT2D eigenvalue weighted by atomic mass is 10.1. The predicted octanol–water partition coefficient (Wildman–Crippen LogP) is 3.50. The van der Waals surface area contributed by atoms with Crippen LogP contribution in [0.5, 0.6) is 0 Å². The van der Waals surface area contributed by atoms with Gasteiger partial charge < -0.3 is 9.73 Å². The molecule has 0 aliphatic carbocycles. The molecule has 1 unspecified atom stereocenters. The average Bonchev–Trinajstić information content (AvgIpc) is 3.43. The van der Waals surface area contributed by atoms with Gasteiger partial charge in [0.1, 0.15) is 16.0 Å². The summed E-state index contributed by atoms with van der Waals surface area (Å²) in [6.07, 6.45) is 2.78. The number of oxazole rings is 1. The van der Waals surface area contributed by atoms with E-state index in [4.69, 9.17) is 4.42 Å². The molecule has 9 heteroatoms. The fourth-order valence-electron chi connectivity index (χ4n) is 3.26. The van der Waals surface area contributed by atoms with Crippen molar-refractivity contribution >= 4 is 33.0 Å². The molecule has 3 aromatic rings. The zero-order valence-corrected chi connectivity index (χ0v) is 16.8. The number of aromatic nitrogens is 1. The van der Waals surface area contributed by atoms with Gasteiger partial charge in [-0.15, -0.1) is 11.3 Å². The summed E-state index contributed by atoms with van der Waals surface area (Å²) in [4.78, 5) is 17.0. The molecule has 146 valence electrons. The number of amides is 1. The van der Waals surface area contributed by atoms with Gasteiger partial charge in [0.05, 0.1) is 6.20 Å². The number of sulfonamides is 1. The van der Waals surface area contributed by atoms with Gasteiger partial charge >= 0.3 is 0 Å². The molecule has 4 rings (SSSR count). The summed E-state index contributed by atoms with van der Waals surface area (Å²) in [6.45, 7) is 2.15. The van der Waals surface area contributed by atoms with Crippen LogP contribution in [0.1, 0.15) is 18.6 Å². The van der Waals surface area contributed by atoms with E-state index < -0.39 is 16.1 Å². The summed E-state index contributed by atoms with van der Waals surface area (Å²) in [6, 6.07) is 9.68. The lowest BCUT2D eigenvalue weighted by Crippen LogP contribution is -2.42. The zero-order chi connectivity index (χ0) is 19.7. The number of hydrogen-bond acceptors (Lipinski definition) is 6. The van der Waals surface area contributed by atoms with Crippen molar-refractivity contribution in [2.24, 2.45) is 0 Å². The Kier molecular flexibility index (Phi) is 5.05. The van der Waals surface area contributed by atoms with Crippen molar-refractivity contribution in [2.45, 2.75) is 30.0 Å². The molecule has 1 aliphatic heterocycles. The van der Waals surface area contributed by atoms with Crippen LogP contribution in [0.25, 0.3) is 11.5 Å². The SMILES string of the molecule is Cc1cnc(-c2cccc(NC(=O)C3CCCN3S(=O)(=O)c3cccs3)c2)o1. The maximum absolute atomic E-state index is 12.8. The molecule has 1 N–H and O–H groups in total. The van der Waals surface area contributed by atoms with Gasteiger partial charge in [-0.1, -0.05) is 12.1 Å². The largest absolute Gasteiger partial charge is 0.441 e. The minimum absolute atomic E-state index is 0.258. The van der Waals surface area contributed by atoms with E-state index in [1.165, 1.54) is 4.31 Å². The molecule has 1 atom stereocenters. The first-order chi connectivity index (χ1) is 13.4. The van der Waals surface area contributed by atoms with Crippen LogP contribution in [0.4, 0.5) is 5.69 Å². The Hall–Kier alpha value is -2.49. The molecule has 1 amide bonds. The molecule has 0 saturated carbocycles. The zero-order valence-electron chi connectivity index (χ0n) is 15.2. The first-order valence-corrected chi connectivity index (χ1v) is 11.2. The number of rotatable bonds is 5. The van der Waals surface area contributed by atoms with Gasteiger partial charge in [0, 0.05) is 17.8 Å². The summed E-state index contributed by atoms with van der Waals surface area (Å²) >= 11 is 1.16. The van der Waals surface area contributed by atoms with Gasteiger partial charge in [-0.05, 0) is 49.4 Å². The van der Waals surface area contributed by atoms with Crippen LogP contribution >= 0.6 is 11.3 Å². The van der Waals surface area contributed by atoms with E-state index in [9.17, 15) is 13.2 Å². The number of benzene rings is 1. The maximum atomic E-state index is 12.8. The molecule has 1 fully saturated rings. The number of carbonyl (C=O) groups excluding carboxylic acids is 1. The monoisotopic (exact) mass is 417 g/mol. The highest BCUT2D eigenvalue weighted by molar-refractivity contribution is 7.91. The highest BCUT2D eigenvalue weighted by Gasteiger charge is 2.39. The third-order valence-electron chi connectivity index (χ3n) is 4.56. The summed E-state index contributed by atoms with van der Waals surface area (Å²) in [5, 5.41) is 4.55. The van der Waals surface area contributed by atoms with Gasteiger partial charge in [-0.3, -0.25) is 4.79 Å². The number of thiophene rings is 1. The Balaban J connectivity index is 1.53. The minimum atomic E-state index is -3.66. The van der Waals surface area contributed by atoms with Crippen LogP contribution in [0.3, 0.4) is 0 Å². The molecular formula is C19H19N3O4S2. The Morgan fingerprint density at radius 3 is 2.89 bits per heavy atom. The fourth-order valence-corrected chi connectivity index (χ4v) is 6.04. The van der Waals surface area contributed by atoms with Crippen molar-refractivity contribution in [1.82, 2.24) is 9.29 Å². The number of nitrogens with one attached hydrogen (secondary N) is 1. The van der Waals surface area contributed by atoms with Gasteiger partial charge in [0.25, 0.3) is 10.0 Å². The summed E-state index contributed by atoms with van der Waals surface area (Å²) in [7, 11) is -3.66. The highest BCUT2D eigenvalue weighted by Crippen LogP contribution is 2.29. The maximum Gasteiger partial charge on any atom is 0.253 e. The van der Waals surface area contributed by atoms with Gasteiger partial charge in [-0.25, -0.2) is 13.4 Å². The van der Waals surface area contributed by atoms with Crippen molar-refractivity contribution in [2.75, 3.05) is 11.9 Å². The Labute approximate surface area is 167 Å². The molecular weight excluding hydrogens is 398 g/mol. The second-order valence-corrected chi connectivity index (χ2v) is 9.62. The molecule has 3 heterocycles. The van der Waals surface area contributed by atoms with Crippen molar-refractivity contribution < 1.29 is 17.6 Å². The highest BCUT2D eigenvalue weighted by atomic mass is 32.2. The second kappa shape index (κ2) is 7.50. The van der Waals surface area contributed by atoms with Crippen LogP contribution in [-0.2, 0) is 14.8 Å². The lowest BCUT2D eigenvalue weighted by Gasteiger charge is -2.22. The molecule has 28 heavy (non-hydrogen) atoms. The van der Waals surface area contributed by atoms with Crippen LogP contribution in [0.2, 0.25) is 0 Å². The van der Waals surface area contributed by atoms with Crippen molar-refractivity contribution in [1.29, 1.82) is 0 Å². The first kappa shape index (κ1) is 18.9. The van der Waals surface area contributed by atoms with E-state index in [2.05, 4.69) is 10.3 Å². The van der Waals surface area contributed by atoms with Gasteiger partial charge in [0.15, 0.2) is 0 Å². The molecule has 0 spiro atoms. The van der Waals surface area contributed by atoms with Crippen LogP contribution < -0.4 is 5.32 Å². The molecule has 1 aliphatic rings. The van der Waals surface area contributed by atoms with Gasteiger partial charge in [0.2, 0.25) is 11.8 Å². The molecule has 7 nitrogen and oxygen atoms in total. The number of hydrogen-bond donors (Lipinski definition) is 1. The van der Waals surface area contributed by atoms with Crippen molar-refractivity contribution in [3.63, 3.8) is 0 Å². The molecule has 2 aromatic heterocycles. The van der Waals surface area contributed by atoms with E-state index in [0.29, 0.717) is 36.7 Å². The van der Waals surface area contributed by atoms with Crippen LogP contribution in [-0.4, -0.2) is 36.2 Å². The topological polar surface area (TPSA) is 92.5 Å². The van der Waals surface area contributed by atoms with Gasteiger partial charge in [-0.2, -0.15) is 4.31 Å². The predicted molar refractivity (Wildman–Crippen MR) is 107 cm³/mol. The Morgan fingerprint density at radius 2 is 2.18 bits per heavy atom. The van der Waals surface area contributed by atoms with E-state index >= 15 is 0 Å². The summed E-state index contributed by atoms with van der Waals surface area (Å²) < 4.78 is 32.8. The third-order valence-corrected chi connectivity index (χ3v) is 7.84. The second-order valence-electron chi connectivity index (χ2n) is 6.55. The van der Waals surface area contributed by atoms with Crippen molar-refractivity contribution in [3.05, 3.63) is 53.7 Å². The standard InChI is InChI=1S/C19H19N3O4S2/c1-13-12-20-19(26-13)14-5-2-6-15(11-14)21-18(23)16-7-3-9-22(16)28(24,25)17-8-4-10-27-17/h2,4-6,8,10-12,16H,3,7,9H2,1H3,(H,21,23). The van der Waals surface area contributed by atoms with E-state index in [1.54, 1.807) is 41.9 Å². The average molecular weight is 418 g/mol. The Bertz CT molecular complexity index is 1090. The van der Waals surface area contributed by atoms with E-state index in [-0.39, 0.29) is 10.1 Å². The van der Waals surface area contributed by atoms with E-state index in [1.807, 2.05) is 13.0 Å². The summed E-state index contributed by atoms with van der Waals surface area (Å²) in [5.41, 5.74) is 1.30. The first-order valence-electron chi connectivity index (χ1n) is 8.84. The number of anilines is 1. The molecule has 0 radical (unpaired) electrons. The normalized spacial score (nSPS) is 17.7. The van der Waals surface area contributed by atoms with Crippen LogP contribution in [0, 0.1) is 6.92 Å². The van der Waals surface area contributed by atoms with Crippen molar-refractivity contribution in [3.8, 4) is 11.5 Å². The molecule has 0 bridgehead atoms. The lowest BCUT2D eigenvalue weighted by molar-refractivity contribution is -0.119.